The number of hydrogen-bond donors (Lipinski definition) is 2. The predicted molar refractivity (Wildman–Crippen MR) is 86.0 cm³/mol. The molecule has 1 fully saturated rings. The van der Waals surface area contributed by atoms with Gasteiger partial charge in [-0.15, -0.1) is 0 Å². The first-order valence-electron chi connectivity index (χ1n) is 7.79. The van der Waals surface area contributed by atoms with Crippen molar-refractivity contribution in [3.05, 3.63) is 24.0 Å². The van der Waals surface area contributed by atoms with E-state index in [1.54, 1.807) is 13.2 Å². The van der Waals surface area contributed by atoms with Crippen LogP contribution < -0.4 is 15.5 Å². The van der Waals surface area contributed by atoms with Gasteiger partial charge < -0.3 is 20.3 Å². The Morgan fingerprint density at radius 3 is 2.82 bits per heavy atom. The first kappa shape index (κ1) is 16.5. The van der Waals surface area contributed by atoms with E-state index in [4.69, 9.17) is 4.74 Å². The number of nitrogens with zero attached hydrogens (tertiary/aromatic N) is 1. The number of hydrogen-bond acceptors (Lipinski definition) is 3. The van der Waals surface area contributed by atoms with Crippen LogP contribution in [0.1, 0.15) is 25.7 Å². The summed E-state index contributed by atoms with van der Waals surface area (Å²) < 4.78 is 18.4. The van der Waals surface area contributed by atoms with Crippen LogP contribution in [-0.2, 0) is 4.74 Å². The lowest BCUT2D eigenvalue weighted by molar-refractivity contribution is 0.194. The van der Waals surface area contributed by atoms with Crippen LogP contribution in [0.15, 0.2) is 18.2 Å². The Bertz CT molecular complexity index is 490. The summed E-state index contributed by atoms with van der Waals surface area (Å²) >= 11 is 0. The standard InChI is InChI=1S/C16H24FN3O2/c1-22-11-5-8-18-16(21)19-14-12-13(17)6-7-15(14)20-9-3-2-4-10-20/h6-7,12H,2-5,8-11H2,1H3,(H2,18,19,21). The highest BCUT2D eigenvalue weighted by molar-refractivity contribution is 5.93. The summed E-state index contributed by atoms with van der Waals surface area (Å²) in [6.45, 7) is 3.00. The summed E-state index contributed by atoms with van der Waals surface area (Å²) in [5, 5.41) is 5.50. The highest BCUT2D eigenvalue weighted by Crippen LogP contribution is 2.29. The lowest BCUT2D eigenvalue weighted by Gasteiger charge is -2.30. The maximum absolute atomic E-state index is 13.5. The lowest BCUT2D eigenvalue weighted by Crippen LogP contribution is -2.33. The largest absolute Gasteiger partial charge is 0.385 e. The van der Waals surface area contributed by atoms with Gasteiger partial charge in [-0.2, -0.15) is 0 Å². The Hall–Kier alpha value is -1.82. The fourth-order valence-corrected chi connectivity index (χ4v) is 2.60. The zero-order valence-electron chi connectivity index (χ0n) is 13.0. The Morgan fingerprint density at radius 2 is 2.09 bits per heavy atom. The first-order valence-corrected chi connectivity index (χ1v) is 7.79. The summed E-state index contributed by atoms with van der Waals surface area (Å²) in [5.74, 6) is -0.351. The van der Waals surface area contributed by atoms with Gasteiger partial charge in [0.25, 0.3) is 0 Å². The number of carbonyl (C=O) groups excluding carboxylic acids is 1. The molecular weight excluding hydrogens is 285 g/mol. The molecular formula is C16H24FN3O2. The number of piperidine rings is 1. The topological polar surface area (TPSA) is 53.6 Å². The highest BCUT2D eigenvalue weighted by atomic mass is 19.1. The molecule has 1 aromatic rings. The number of methoxy groups -OCH3 is 1. The molecule has 0 unspecified atom stereocenters. The van der Waals surface area contributed by atoms with E-state index in [-0.39, 0.29) is 11.8 Å². The third kappa shape index (κ3) is 4.87. The quantitative estimate of drug-likeness (QED) is 0.794. The van der Waals surface area contributed by atoms with Crippen molar-refractivity contribution in [2.45, 2.75) is 25.7 Å². The van der Waals surface area contributed by atoms with Gasteiger partial charge in [0.2, 0.25) is 0 Å². The number of nitrogens with one attached hydrogen (secondary N) is 2. The van der Waals surface area contributed by atoms with E-state index in [0.717, 1.165) is 38.0 Å². The molecule has 122 valence electrons. The maximum Gasteiger partial charge on any atom is 0.319 e. The summed E-state index contributed by atoms with van der Waals surface area (Å²) in [5.41, 5.74) is 1.40. The number of amides is 2. The molecule has 2 rings (SSSR count). The van der Waals surface area contributed by atoms with Crippen LogP contribution in [0, 0.1) is 5.82 Å². The molecule has 0 aromatic heterocycles. The Morgan fingerprint density at radius 1 is 1.32 bits per heavy atom. The van der Waals surface area contributed by atoms with E-state index in [9.17, 15) is 9.18 Å². The minimum Gasteiger partial charge on any atom is -0.385 e. The molecule has 1 aliphatic rings. The zero-order valence-corrected chi connectivity index (χ0v) is 13.0. The molecule has 0 radical (unpaired) electrons. The van der Waals surface area contributed by atoms with Gasteiger partial charge in [-0.1, -0.05) is 0 Å². The SMILES string of the molecule is COCCCNC(=O)Nc1cc(F)ccc1N1CCCCC1. The second kappa shape index (κ2) is 8.58. The Labute approximate surface area is 130 Å². The second-order valence-electron chi connectivity index (χ2n) is 5.44. The number of benzene rings is 1. The summed E-state index contributed by atoms with van der Waals surface area (Å²) in [6, 6.07) is 4.23. The molecule has 2 N–H and O–H groups in total. The minimum atomic E-state index is -0.351. The third-order valence-corrected chi connectivity index (χ3v) is 3.71. The summed E-state index contributed by atoms with van der Waals surface area (Å²) in [7, 11) is 1.62. The lowest BCUT2D eigenvalue weighted by atomic mass is 10.1. The minimum absolute atomic E-state index is 0.319. The average molecular weight is 309 g/mol. The van der Waals surface area contributed by atoms with E-state index >= 15 is 0 Å². The molecule has 1 heterocycles. The monoisotopic (exact) mass is 309 g/mol. The molecule has 1 aliphatic heterocycles. The van der Waals surface area contributed by atoms with E-state index in [0.29, 0.717) is 18.8 Å². The van der Waals surface area contributed by atoms with Gasteiger partial charge in [-0.25, -0.2) is 9.18 Å². The molecule has 0 aliphatic carbocycles. The van der Waals surface area contributed by atoms with E-state index in [1.165, 1.54) is 18.6 Å². The molecule has 0 atom stereocenters. The van der Waals surface area contributed by atoms with Crippen molar-refractivity contribution >= 4 is 17.4 Å². The molecule has 1 aromatic carbocycles. The molecule has 0 spiro atoms. The van der Waals surface area contributed by atoms with E-state index in [1.807, 2.05) is 0 Å². The molecule has 2 amide bonds. The number of rotatable bonds is 6. The van der Waals surface area contributed by atoms with Gasteiger partial charge in [-0.05, 0) is 43.9 Å². The average Bonchev–Trinajstić information content (AvgIpc) is 2.53. The molecule has 5 nitrogen and oxygen atoms in total. The fourth-order valence-electron chi connectivity index (χ4n) is 2.60. The van der Waals surface area contributed by atoms with Crippen molar-refractivity contribution in [2.24, 2.45) is 0 Å². The number of carbonyl (C=O) groups is 1. The summed E-state index contributed by atoms with van der Waals surface area (Å²) in [6.07, 6.45) is 4.21. The van der Waals surface area contributed by atoms with Gasteiger partial charge in [-0.3, -0.25) is 0 Å². The van der Waals surface area contributed by atoms with Crippen molar-refractivity contribution in [3.8, 4) is 0 Å². The van der Waals surface area contributed by atoms with Crippen molar-refractivity contribution in [2.75, 3.05) is 43.6 Å². The van der Waals surface area contributed by atoms with Crippen LogP contribution in [0.25, 0.3) is 0 Å². The van der Waals surface area contributed by atoms with E-state index < -0.39 is 0 Å². The van der Waals surface area contributed by atoms with Gasteiger partial charge in [0.15, 0.2) is 0 Å². The van der Waals surface area contributed by atoms with Crippen molar-refractivity contribution < 1.29 is 13.9 Å². The molecule has 6 heteroatoms. The normalized spacial score (nSPS) is 14.7. The smallest absolute Gasteiger partial charge is 0.319 e. The number of halogens is 1. The predicted octanol–water partition coefficient (Wildman–Crippen LogP) is 2.97. The third-order valence-electron chi connectivity index (χ3n) is 3.71. The Kier molecular flexibility index (Phi) is 6.45. The van der Waals surface area contributed by atoms with Crippen molar-refractivity contribution in [1.29, 1.82) is 0 Å². The van der Waals surface area contributed by atoms with Crippen LogP contribution >= 0.6 is 0 Å². The first-order chi connectivity index (χ1) is 10.7. The second-order valence-corrected chi connectivity index (χ2v) is 5.44. The van der Waals surface area contributed by atoms with Gasteiger partial charge in [0.1, 0.15) is 5.82 Å². The highest BCUT2D eigenvalue weighted by Gasteiger charge is 2.16. The van der Waals surface area contributed by atoms with Crippen molar-refractivity contribution in [1.82, 2.24) is 5.32 Å². The number of urea groups is 1. The van der Waals surface area contributed by atoms with Crippen LogP contribution in [0.2, 0.25) is 0 Å². The number of ether oxygens (including phenoxy) is 1. The fraction of sp³-hybridized carbons (Fsp3) is 0.562. The number of anilines is 2. The van der Waals surface area contributed by atoms with E-state index in [2.05, 4.69) is 15.5 Å². The molecule has 0 saturated carbocycles. The van der Waals surface area contributed by atoms with Crippen LogP contribution in [-0.4, -0.2) is 39.4 Å². The molecule has 0 bridgehead atoms. The van der Waals surface area contributed by atoms with Gasteiger partial charge >= 0.3 is 6.03 Å². The van der Waals surface area contributed by atoms with Crippen LogP contribution in [0.4, 0.5) is 20.6 Å². The van der Waals surface area contributed by atoms with Crippen LogP contribution in [0.5, 0.6) is 0 Å². The molecule has 1 saturated heterocycles. The van der Waals surface area contributed by atoms with Gasteiger partial charge in [0, 0.05) is 33.4 Å². The van der Waals surface area contributed by atoms with Crippen molar-refractivity contribution in [3.63, 3.8) is 0 Å². The Balaban J connectivity index is 1.99. The van der Waals surface area contributed by atoms with Crippen LogP contribution in [0.3, 0.4) is 0 Å². The zero-order chi connectivity index (χ0) is 15.8. The molecule has 22 heavy (non-hydrogen) atoms. The summed E-state index contributed by atoms with van der Waals surface area (Å²) in [4.78, 5) is 14.1. The van der Waals surface area contributed by atoms with Gasteiger partial charge in [0.05, 0.1) is 11.4 Å². The maximum atomic E-state index is 13.5.